The summed E-state index contributed by atoms with van der Waals surface area (Å²) >= 11 is 0. The first-order valence-electron chi connectivity index (χ1n) is 8.94. The minimum absolute atomic E-state index is 0.241. The van der Waals surface area contributed by atoms with Crippen molar-refractivity contribution in [3.63, 3.8) is 0 Å². The summed E-state index contributed by atoms with van der Waals surface area (Å²) in [6, 6.07) is 12.8. The predicted molar refractivity (Wildman–Crippen MR) is 112 cm³/mol. The number of ether oxygens (including phenoxy) is 1. The number of hydrogen-bond acceptors (Lipinski definition) is 5. The van der Waals surface area contributed by atoms with Gasteiger partial charge in [-0.2, -0.15) is 0 Å². The number of para-hydroxylation sites is 1. The lowest BCUT2D eigenvalue weighted by Crippen LogP contribution is -2.44. The molecule has 1 heterocycles. The van der Waals surface area contributed by atoms with Crippen LogP contribution in [0.1, 0.15) is 27.6 Å². The minimum atomic E-state index is -3.75. The van der Waals surface area contributed by atoms with E-state index in [-0.39, 0.29) is 5.56 Å². The van der Waals surface area contributed by atoms with Crippen LogP contribution in [0, 0.1) is 6.92 Å². The molecule has 0 aliphatic carbocycles. The Hall–Kier alpha value is -3.13. The van der Waals surface area contributed by atoms with Crippen LogP contribution in [-0.4, -0.2) is 44.3 Å². The predicted octanol–water partition coefficient (Wildman–Crippen LogP) is 3.23. The number of aromatic nitrogens is 1. The molecule has 8 heteroatoms. The molecule has 0 aliphatic rings. The van der Waals surface area contributed by atoms with E-state index in [9.17, 15) is 18.0 Å². The van der Waals surface area contributed by atoms with Crippen molar-refractivity contribution in [1.82, 2.24) is 4.57 Å². The molecule has 0 radical (unpaired) electrons. The molecule has 0 aliphatic heterocycles. The Kier molecular flexibility index (Phi) is 5.48. The second-order valence-corrected chi connectivity index (χ2v) is 8.69. The maximum atomic E-state index is 13.3. The van der Waals surface area contributed by atoms with Gasteiger partial charge in [0.25, 0.3) is 5.91 Å². The van der Waals surface area contributed by atoms with E-state index in [2.05, 4.69) is 0 Å². The summed E-state index contributed by atoms with van der Waals surface area (Å²) in [5.41, 5.74) is 2.01. The van der Waals surface area contributed by atoms with Crippen LogP contribution in [0.5, 0.6) is 0 Å². The van der Waals surface area contributed by atoms with E-state index in [1.807, 2.05) is 13.0 Å². The first-order valence-corrected chi connectivity index (χ1v) is 10.8. The van der Waals surface area contributed by atoms with Gasteiger partial charge >= 0.3 is 5.97 Å². The Morgan fingerprint density at radius 1 is 1.10 bits per heavy atom. The van der Waals surface area contributed by atoms with Gasteiger partial charge in [0.15, 0.2) is 0 Å². The van der Waals surface area contributed by atoms with Gasteiger partial charge in [-0.1, -0.05) is 30.3 Å². The van der Waals surface area contributed by atoms with Crippen molar-refractivity contribution in [3.05, 3.63) is 65.9 Å². The van der Waals surface area contributed by atoms with E-state index >= 15 is 0 Å². The number of rotatable bonds is 5. The fraction of sp³-hybridized carbons (Fsp3) is 0.238. The van der Waals surface area contributed by atoms with Crippen molar-refractivity contribution < 1.29 is 22.7 Å². The highest BCUT2D eigenvalue weighted by Gasteiger charge is 2.31. The highest BCUT2D eigenvalue weighted by atomic mass is 32.2. The molecule has 2 aromatic carbocycles. The van der Waals surface area contributed by atoms with Crippen molar-refractivity contribution in [2.45, 2.75) is 19.9 Å². The zero-order chi connectivity index (χ0) is 21.3. The van der Waals surface area contributed by atoms with Crippen LogP contribution in [0.25, 0.3) is 10.9 Å². The maximum absolute atomic E-state index is 13.3. The highest BCUT2D eigenvalue weighted by molar-refractivity contribution is 7.92. The maximum Gasteiger partial charge on any atom is 0.340 e. The summed E-state index contributed by atoms with van der Waals surface area (Å²) < 4.78 is 32.3. The van der Waals surface area contributed by atoms with Gasteiger partial charge in [-0.3, -0.25) is 13.7 Å². The summed E-state index contributed by atoms with van der Waals surface area (Å²) in [5, 5.41) is 0.557. The molecule has 0 saturated carbocycles. The lowest BCUT2D eigenvalue weighted by Gasteiger charge is -2.28. The lowest BCUT2D eigenvalue weighted by molar-refractivity contribution is 0.0603. The average molecular weight is 414 g/mol. The third-order valence-electron chi connectivity index (χ3n) is 4.68. The zero-order valence-electron chi connectivity index (χ0n) is 16.6. The molecule has 0 fully saturated rings. The molecule has 0 saturated heterocycles. The quantitative estimate of drug-likeness (QED) is 0.599. The second kappa shape index (κ2) is 7.71. The van der Waals surface area contributed by atoms with E-state index in [1.165, 1.54) is 24.8 Å². The van der Waals surface area contributed by atoms with Crippen LogP contribution in [-0.2, 0) is 14.8 Å². The molecule has 1 unspecified atom stereocenters. The molecule has 0 spiro atoms. The van der Waals surface area contributed by atoms with Crippen LogP contribution >= 0.6 is 0 Å². The Bertz CT molecular complexity index is 1200. The molecule has 1 aromatic heterocycles. The topological polar surface area (TPSA) is 85.7 Å². The Labute approximate surface area is 169 Å². The van der Waals surface area contributed by atoms with Crippen LogP contribution in [0.15, 0.2) is 54.7 Å². The monoisotopic (exact) mass is 414 g/mol. The number of benzene rings is 2. The Morgan fingerprint density at radius 2 is 1.79 bits per heavy atom. The minimum Gasteiger partial charge on any atom is -0.465 e. The van der Waals surface area contributed by atoms with E-state index in [4.69, 9.17) is 4.74 Å². The zero-order valence-corrected chi connectivity index (χ0v) is 17.4. The van der Waals surface area contributed by atoms with Gasteiger partial charge in [-0.15, -0.1) is 0 Å². The fourth-order valence-corrected chi connectivity index (χ4v) is 4.56. The SMILES string of the molecule is COC(=O)c1cn(C(=O)C(C)N(c2cccc(C)c2)S(C)(=O)=O)c2ccccc12. The molecule has 29 heavy (non-hydrogen) atoms. The van der Waals surface area contributed by atoms with Crippen molar-refractivity contribution in [2.24, 2.45) is 0 Å². The third kappa shape index (κ3) is 3.88. The normalized spacial score (nSPS) is 12.6. The summed E-state index contributed by atoms with van der Waals surface area (Å²) in [6.07, 6.45) is 2.46. The molecule has 0 bridgehead atoms. The van der Waals surface area contributed by atoms with Gasteiger partial charge in [0.1, 0.15) is 6.04 Å². The second-order valence-electron chi connectivity index (χ2n) is 6.83. The van der Waals surface area contributed by atoms with Crippen molar-refractivity contribution in [2.75, 3.05) is 17.7 Å². The first kappa shape index (κ1) is 20.6. The molecule has 3 rings (SSSR count). The van der Waals surface area contributed by atoms with E-state index < -0.39 is 27.9 Å². The molecule has 152 valence electrons. The summed E-state index contributed by atoms with van der Waals surface area (Å²) in [7, 11) is -2.48. The van der Waals surface area contributed by atoms with Gasteiger partial charge in [-0.05, 0) is 37.6 Å². The Balaban J connectivity index is 2.13. The van der Waals surface area contributed by atoms with Gasteiger partial charge in [0.05, 0.1) is 30.1 Å². The van der Waals surface area contributed by atoms with E-state index in [1.54, 1.807) is 42.5 Å². The van der Waals surface area contributed by atoms with Crippen LogP contribution in [0.2, 0.25) is 0 Å². The molecule has 0 amide bonds. The highest BCUT2D eigenvalue weighted by Crippen LogP contribution is 2.26. The van der Waals surface area contributed by atoms with Crippen LogP contribution < -0.4 is 4.31 Å². The van der Waals surface area contributed by atoms with Gasteiger partial charge in [-0.25, -0.2) is 13.2 Å². The summed E-state index contributed by atoms with van der Waals surface area (Å²) in [5.74, 6) is -1.05. The number of anilines is 1. The average Bonchev–Trinajstić information content (AvgIpc) is 3.05. The van der Waals surface area contributed by atoms with Gasteiger partial charge < -0.3 is 4.74 Å². The molecule has 7 nitrogen and oxygen atoms in total. The number of fused-ring (bicyclic) bond motifs is 1. The third-order valence-corrected chi connectivity index (χ3v) is 5.92. The molecule has 3 aromatic rings. The molecule has 0 N–H and O–H groups in total. The van der Waals surface area contributed by atoms with Crippen molar-refractivity contribution in [1.29, 1.82) is 0 Å². The van der Waals surface area contributed by atoms with Crippen molar-refractivity contribution in [3.8, 4) is 0 Å². The largest absolute Gasteiger partial charge is 0.465 e. The number of methoxy groups -OCH3 is 1. The van der Waals surface area contributed by atoms with E-state index in [0.717, 1.165) is 16.1 Å². The van der Waals surface area contributed by atoms with Gasteiger partial charge in [0.2, 0.25) is 10.0 Å². The number of esters is 1. The standard InChI is InChI=1S/C21H22N2O5S/c1-14-8-7-9-16(12-14)23(29(4,26)27)15(2)20(24)22-13-18(21(25)28-3)17-10-5-6-11-19(17)22/h5-13,15H,1-4H3. The number of nitrogens with zero attached hydrogens (tertiary/aromatic N) is 2. The summed E-state index contributed by atoms with van der Waals surface area (Å²) in [4.78, 5) is 25.5. The fourth-order valence-electron chi connectivity index (χ4n) is 3.40. The number of carbonyl (C=O) groups is 2. The first-order chi connectivity index (χ1) is 13.6. The molecular formula is C21H22N2O5S. The van der Waals surface area contributed by atoms with Gasteiger partial charge in [0, 0.05) is 11.6 Å². The number of carbonyl (C=O) groups excluding carboxylic acids is 2. The molecule has 1 atom stereocenters. The van der Waals surface area contributed by atoms with Crippen molar-refractivity contribution >= 4 is 38.5 Å². The number of hydrogen-bond donors (Lipinski definition) is 0. The lowest BCUT2D eigenvalue weighted by atomic mass is 10.2. The Morgan fingerprint density at radius 3 is 2.41 bits per heavy atom. The molecular weight excluding hydrogens is 392 g/mol. The smallest absolute Gasteiger partial charge is 0.340 e. The van der Waals surface area contributed by atoms with E-state index in [0.29, 0.717) is 16.6 Å². The summed E-state index contributed by atoms with van der Waals surface area (Å²) in [6.45, 7) is 3.37. The number of sulfonamides is 1. The van der Waals surface area contributed by atoms with Crippen LogP contribution in [0.3, 0.4) is 0 Å². The number of aryl methyl sites for hydroxylation is 1. The van der Waals surface area contributed by atoms with Crippen LogP contribution in [0.4, 0.5) is 5.69 Å².